The molecule has 1 aliphatic heterocycles. The van der Waals surface area contributed by atoms with Crippen LogP contribution in [0.4, 0.5) is 0 Å². The van der Waals surface area contributed by atoms with E-state index in [1.165, 1.54) is 11.3 Å². The first-order valence-corrected chi connectivity index (χ1v) is 9.78. The number of nitrogens with two attached hydrogens (primary N) is 1. The Morgan fingerprint density at radius 3 is 2.77 bits per heavy atom. The van der Waals surface area contributed by atoms with Crippen LogP contribution in [0.2, 0.25) is 0 Å². The monoisotopic (exact) mass is 394 g/mol. The zero-order chi connectivity index (χ0) is 17.8. The summed E-state index contributed by atoms with van der Waals surface area (Å²) in [6.45, 7) is 6.06. The SMILES string of the molecule is CCOc1cc(-c2ccccc2)sc1C(=O)N1CCCC(C(C)N)C1.Cl. The van der Waals surface area contributed by atoms with Crippen LogP contribution in [0.1, 0.15) is 36.4 Å². The summed E-state index contributed by atoms with van der Waals surface area (Å²) in [5.41, 5.74) is 7.18. The number of rotatable bonds is 5. The van der Waals surface area contributed by atoms with E-state index in [0.717, 1.165) is 36.4 Å². The standard InChI is InChI=1S/C20H26N2O2S.ClH/c1-3-24-17-12-18(15-8-5-4-6-9-15)25-19(17)20(23)22-11-7-10-16(13-22)14(2)21;/h4-6,8-9,12,14,16H,3,7,10-11,13,21H2,1-2H3;1H. The molecule has 1 aromatic carbocycles. The van der Waals surface area contributed by atoms with Crippen LogP contribution in [0.25, 0.3) is 10.4 Å². The second-order valence-electron chi connectivity index (χ2n) is 6.62. The van der Waals surface area contributed by atoms with Crippen molar-refractivity contribution >= 4 is 29.7 Å². The summed E-state index contributed by atoms with van der Waals surface area (Å²) in [5, 5.41) is 0. The largest absolute Gasteiger partial charge is 0.492 e. The van der Waals surface area contributed by atoms with Gasteiger partial charge in [0.25, 0.3) is 5.91 Å². The van der Waals surface area contributed by atoms with Gasteiger partial charge in [-0.3, -0.25) is 4.79 Å². The molecule has 6 heteroatoms. The number of amides is 1. The zero-order valence-electron chi connectivity index (χ0n) is 15.3. The fourth-order valence-electron chi connectivity index (χ4n) is 3.30. The van der Waals surface area contributed by atoms with Gasteiger partial charge in [-0.1, -0.05) is 30.3 Å². The van der Waals surface area contributed by atoms with Gasteiger partial charge >= 0.3 is 0 Å². The van der Waals surface area contributed by atoms with E-state index in [0.29, 0.717) is 23.2 Å². The van der Waals surface area contributed by atoms with Crippen LogP contribution in [-0.4, -0.2) is 36.5 Å². The van der Waals surface area contributed by atoms with Crippen LogP contribution < -0.4 is 10.5 Å². The van der Waals surface area contributed by atoms with Crippen molar-refractivity contribution in [3.8, 4) is 16.2 Å². The third kappa shape index (κ3) is 4.58. The number of nitrogens with zero attached hydrogens (tertiary/aromatic N) is 1. The van der Waals surface area contributed by atoms with E-state index in [4.69, 9.17) is 10.5 Å². The van der Waals surface area contributed by atoms with Gasteiger partial charge in [0, 0.05) is 24.0 Å². The fraction of sp³-hybridized carbons (Fsp3) is 0.450. The van der Waals surface area contributed by atoms with E-state index in [1.54, 1.807) is 0 Å². The van der Waals surface area contributed by atoms with Gasteiger partial charge in [0.2, 0.25) is 0 Å². The van der Waals surface area contributed by atoms with E-state index in [2.05, 4.69) is 12.1 Å². The van der Waals surface area contributed by atoms with Crippen LogP contribution in [0.15, 0.2) is 36.4 Å². The molecular formula is C20H27ClN2O2S. The number of likely N-dealkylation sites (tertiary alicyclic amines) is 1. The van der Waals surface area contributed by atoms with Crippen molar-refractivity contribution in [1.82, 2.24) is 4.90 Å². The van der Waals surface area contributed by atoms with Gasteiger partial charge in [-0.2, -0.15) is 0 Å². The second kappa shape index (κ2) is 9.40. The topological polar surface area (TPSA) is 55.6 Å². The smallest absolute Gasteiger partial charge is 0.267 e. The van der Waals surface area contributed by atoms with E-state index >= 15 is 0 Å². The average Bonchev–Trinajstić information content (AvgIpc) is 3.06. The maximum Gasteiger partial charge on any atom is 0.267 e. The summed E-state index contributed by atoms with van der Waals surface area (Å²) >= 11 is 1.52. The quantitative estimate of drug-likeness (QED) is 0.815. The van der Waals surface area contributed by atoms with Gasteiger partial charge in [-0.25, -0.2) is 0 Å². The van der Waals surface area contributed by atoms with Crippen molar-refractivity contribution in [3.63, 3.8) is 0 Å². The predicted octanol–water partition coefficient (Wildman–Crippen LogP) is 4.44. The van der Waals surface area contributed by atoms with Crippen molar-refractivity contribution < 1.29 is 9.53 Å². The molecule has 1 aromatic heterocycles. The van der Waals surface area contributed by atoms with Gasteiger partial charge in [0.1, 0.15) is 10.6 Å². The molecule has 1 saturated heterocycles. The van der Waals surface area contributed by atoms with E-state index < -0.39 is 0 Å². The summed E-state index contributed by atoms with van der Waals surface area (Å²) in [5.74, 6) is 1.14. The molecule has 0 radical (unpaired) electrons. The molecule has 1 aliphatic rings. The van der Waals surface area contributed by atoms with Crippen molar-refractivity contribution in [3.05, 3.63) is 41.3 Å². The first kappa shape index (κ1) is 20.7. The highest BCUT2D eigenvalue weighted by Crippen LogP contribution is 2.37. The Labute approximate surface area is 165 Å². The van der Waals surface area contributed by atoms with Crippen LogP contribution in [-0.2, 0) is 0 Å². The molecule has 1 amide bonds. The molecule has 3 rings (SSSR count). The maximum atomic E-state index is 13.1. The Morgan fingerprint density at radius 1 is 1.38 bits per heavy atom. The minimum Gasteiger partial charge on any atom is -0.492 e. The molecule has 142 valence electrons. The summed E-state index contributed by atoms with van der Waals surface area (Å²) in [6, 6.07) is 12.2. The molecule has 2 heterocycles. The number of thiophene rings is 1. The molecule has 0 saturated carbocycles. The van der Waals surface area contributed by atoms with Gasteiger partial charge in [-0.15, -0.1) is 23.7 Å². The Hall–Kier alpha value is -1.56. The first-order chi connectivity index (χ1) is 12.1. The number of hydrogen-bond donors (Lipinski definition) is 1. The normalized spacial score (nSPS) is 18.1. The summed E-state index contributed by atoms with van der Waals surface area (Å²) in [4.78, 5) is 16.8. The van der Waals surface area contributed by atoms with Crippen LogP contribution >= 0.6 is 23.7 Å². The van der Waals surface area contributed by atoms with Crippen molar-refractivity contribution in [2.75, 3.05) is 19.7 Å². The third-order valence-electron chi connectivity index (χ3n) is 4.74. The Morgan fingerprint density at radius 2 is 2.12 bits per heavy atom. The van der Waals surface area contributed by atoms with E-state index in [1.807, 2.05) is 43.0 Å². The summed E-state index contributed by atoms with van der Waals surface area (Å²) < 4.78 is 5.76. The van der Waals surface area contributed by atoms with Gasteiger partial charge in [-0.05, 0) is 44.2 Å². The van der Waals surface area contributed by atoms with Gasteiger partial charge < -0.3 is 15.4 Å². The Balaban J connectivity index is 0.00000243. The molecule has 1 fully saturated rings. The van der Waals surface area contributed by atoms with E-state index in [-0.39, 0.29) is 24.4 Å². The first-order valence-electron chi connectivity index (χ1n) is 8.97. The summed E-state index contributed by atoms with van der Waals surface area (Å²) in [6.07, 6.45) is 2.11. The number of carbonyl (C=O) groups excluding carboxylic acids is 1. The van der Waals surface area contributed by atoms with Crippen molar-refractivity contribution in [2.45, 2.75) is 32.7 Å². The lowest BCUT2D eigenvalue weighted by Gasteiger charge is -2.34. The number of halogens is 1. The molecule has 4 nitrogen and oxygen atoms in total. The lowest BCUT2D eigenvalue weighted by molar-refractivity contribution is 0.0662. The molecule has 0 bridgehead atoms. The number of piperidine rings is 1. The number of carbonyl (C=O) groups is 1. The second-order valence-corrected chi connectivity index (χ2v) is 7.67. The molecule has 2 aromatic rings. The minimum atomic E-state index is 0. The minimum absolute atomic E-state index is 0. The lowest BCUT2D eigenvalue weighted by atomic mass is 9.92. The highest BCUT2D eigenvalue weighted by atomic mass is 35.5. The zero-order valence-corrected chi connectivity index (χ0v) is 16.9. The number of benzene rings is 1. The van der Waals surface area contributed by atoms with Gasteiger partial charge in [0.05, 0.1) is 6.61 Å². The van der Waals surface area contributed by atoms with Crippen molar-refractivity contribution in [1.29, 1.82) is 0 Å². The third-order valence-corrected chi connectivity index (χ3v) is 5.89. The average molecular weight is 395 g/mol. The highest BCUT2D eigenvalue weighted by Gasteiger charge is 2.29. The van der Waals surface area contributed by atoms with Crippen molar-refractivity contribution in [2.24, 2.45) is 11.7 Å². The van der Waals surface area contributed by atoms with E-state index in [9.17, 15) is 4.79 Å². The number of ether oxygens (including phenoxy) is 1. The molecule has 26 heavy (non-hydrogen) atoms. The van der Waals surface area contributed by atoms with Crippen LogP contribution in [0.3, 0.4) is 0 Å². The fourth-order valence-corrected chi connectivity index (χ4v) is 4.37. The lowest BCUT2D eigenvalue weighted by Crippen LogP contribution is -2.44. The molecule has 0 spiro atoms. The molecule has 2 atom stereocenters. The Kier molecular flexibility index (Phi) is 7.50. The van der Waals surface area contributed by atoms with Crippen LogP contribution in [0.5, 0.6) is 5.75 Å². The molecule has 2 unspecified atom stereocenters. The van der Waals surface area contributed by atoms with Crippen LogP contribution in [0, 0.1) is 5.92 Å². The molecule has 0 aliphatic carbocycles. The predicted molar refractivity (Wildman–Crippen MR) is 110 cm³/mol. The maximum absolute atomic E-state index is 13.1. The van der Waals surface area contributed by atoms with Gasteiger partial charge in [0.15, 0.2) is 0 Å². The highest BCUT2D eigenvalue weighted by molar-refractivity contribution is 7.17. The molecule has 2 N–H and O–H groups in total. The number of hydrogen-bond acceptors (Lipinski definition) is 4. The molecular weight excluding hydrogens is 368 g/mol. The summed E-state index contributed by atoms with van der Waals surface area (Å²) in [7, 11) is 0. The Bertz CT molecular complexity index is 718.